The smallest absolute Gasteiger partial charge is 0.282 e. The highest BCUT2D eigenvalue weighted by Crippen LogP contribution is 2.36. The lowest BCUT2D eigenvalue weighted by atomic mass is 10.0. The van der Waals surface area contributed by atoms with Crippen LogP contribution in [-0.4, -0.2) is 29.1 Å². The van der Waals surface area contributed by atoms with Gasteiger partial charge < -0.3 is 20.2 Å². The number of aromatic amines is 1. The van der Waals surface area contributed by atoms with Crippen LogP contribution in [0.15, 0.2) is 59.5 Å². The van der Waals surface area contributed by atoms with Gasteiger partial charge in [-0.05, 0) is 72.9 Å². The Morgan fingerprint density at radius 3 is 2.65 bits per heavy atom. The van der Waals surface area contributed by atoms with E-state index in [2.05, 4.69) is 9.71 Å². The van der Waals surface area contributed by atoms with Gasteiger partial charge in [0.15, 0.2) is 0 Å². The summed E-state index contributed by atoms with van der Waals surface area (Å²) >= 11 is 6.44. The van der Waals surface area contributed by atoms with Gasteiger partial charge in [0.2, 0.25) is 10.0 Å². The van der Waals surface area contributed by atoms with Crippen molar-refractivity contribution in [1.29, 1.82) is 0 Å². The number of sulfonamides is 1. The summed E-state index contributed by atoms with van der Waals surface area (Å²) in [7, 11) is -3.88. The summed E-state index contributed by atoms with van der Waals surface area (Å²) in [5, 5.41) is 11.7. The highest BCUT2D eigenvalue weighted by Gasteiger charge is 2.38. The molecule has 0 radical (unpaired) electrons. The molecule has 1 aliphatic rings. The van der Waals surface area contributed by atoms with E-state index >= 15 is 0 Å². The molecular formula is C26H24ClN4O5S-. The summed E-state index contributed by atoms with van der Waals surface area (Å²) in [5.41, 5.74) is 4.40. The Bertz CT molecular complexity index is 1690. The molecule has 0 aliphatic heterocycles. The van der Waals surface area contributed by atoms with Crippen LogP contribution in [0.2, 0.25) is 5.02 Å². The maximum absolute atomic E-state index is 13.7. The first-order chi connectivity index (χ1) is 17.7. The van der Waals surface area contributed by atoms with Gasteiger partial charge >= 0.3 is 0 Å². The number of anilines is 1. The Labute approximate surface area is 218 Å². The molecule has 2 aromatic heterocycles. The molecule has 2 aromatic carbocycles. The molecule has 3 N–H and O–H groups in total. The highest BCUT2D eigenvalue weighted by molar-refractivity contribution is 7.91. The number of halogens is 1. The van der Waals surface area contributed by atoms with Crippen LogP contribution in [0.4, 0.5) is 5.69 Å². The first kappa shape index (κ1) is 25.1. The zero-order valence-electron chi connectivity index (χ0n) is 19.9. The van der Waals surface area contributed by atoms with E-state index < -0.39 is 26.7 Å². The first-order valence-corrected chi connectivity index (χ1v) is 13.7. The molecule has 1 aliphatic carbocycles. The fraction of sp³-hybridized carbons (Fsp3) is 0.231. The highest BCUT2D eigenvalue weighted by atomic mass is 35.5. The normalized spacial score (nSPS) is 13.6. The van der Waals surface area contributed by atoms with Crippen LogP contribution in [0.5, 0.6) is 0 Å². The van der Waals surface area contributed by atoms with Gasteiger partial charge in [-0.25, -0.2) is 13.1 Å². The molecule has 1 fully saturated rings. The number of nitrogens with one attached hydrogen (secondary N) is 3. The van der Waals surface area contributed by atoms with Gasteiger partial charge in [0.25, 0.3) is 11.5 Å². The second-order valence-electron chi connectivity index (χ2n) is 9.01. The molecule has 0 unspecified atom stereocenters. The number of H-pyrrole nitrogens is 1. The number of amides is 1. The van der Waals surface area contributed by atoms with Crippen LogP contribution in [0, 0.1) is 5.21 Å². The number of carbonyl (C=O) groups excluding carboxylic acids is 1. The number of rotatable bonds is 8. The second-order valence-corrected chi connectivity index (χ2v) is 11.4. The molecule has 4 aromatic rings. The molecule has 1 saturated carbocycles. The minimum Gasteiger partial charge on any atom is -0.761 e. The van der Waals surface area contributed by atoms with E-state index in [-0.39, 0.29) is 23.5 Å². The lowest BCUT2D eigenvalue weighted by Crippen LogP contribution is -2.35. The van der Waals surface area contributed by atoms with Crippen molar-refractivity contribution >= 4 is 44.1 Å². The zero-order valence-corrected chi connectivity index (χ0v) is 21.4. The number of aromatic nitrogens is 2. The van der Waals surface area contributed by atoms with Gasteiger partial charge in [-0.3, -0.25) is 9.59 Å². The van der Waals surface area contributed by atoms with Gasteiger partial charge in [0.05, 0.1) is 5.25 Å². The number of nitrogens with zero attached hydrogens (tertiary/aromatic N) is 1. The van der Waals surface area contributed by atoms with Crippen LogP contribution >= 0.6 is 11.6 Å². The van der Waals surface area contributed by atoms with Crippen molar-refractivity contribution in [2.75, 3.05) is 5.48 Å². The fourth-order valence-electron chi connectivity index (χ4n) is 4.48. The van der Waals surface area contributed by atoms with Crippen molar-refractivity contribution < 1.29 is 13.2 Å². The Kier molecular flexibility index (Phi) is 6.57. The Morgan fingerprint density at radius 1 is 1.19 bits per heavy atom. The average Bonchev–Trinajstić information content (AvgIpc) is 3.70. The van der Waals surface area contributed by atoms with E-state index in [1.54, 1.807) is 28.8 Å². The SMILES string of the molecule is CCc1ccc2c(c1)c(-c1ccc[nH]c1=O)c(C(=O)NS(=O)(=O)C1CC1)n2Cc1cc(N[O-])ccc1Cl. The molecule has 2 heterocycles. The van der Waals surface area contributed by atoms with Crippen LogP contribution in [0.3, 0.4) is 0 Å². The van der Waals surface area contributed by atoms with Crippen LogP contribution in [0.25, 0.3) is 22.0 Å². The number of hydrogen-bond acceptors (Lipinski definition) is 6. The standard InChI is InChI=1S/C26H24ClN4O5S/c1-2-15-5-10-22-20(12-15)23(19-4-3-11-28-25(19)32)24(26(33)30-37(35,36)18-7-8-18)31(22)14-16-13-17(29-34)6-9-21(16)27/h3-6,9-13,18,29H,2,7-8,14H2,1H3,(H,28,32)(H,30,33)/q-1. The van der Waals surface area contributed by atoms with Crippen molar-refractivity contribution in [1.82, 2.24) is 14.3 Å². The molecule has 11 heteroatoms. The molecule has 1 amide bonds. The predicted octanol–water partition coefficient (Wildman–Crippen LogP) is 4.39. The number of benzene rings is 2. The maximum atomic E-state index is 13.7. The maximum Gasteiger partial charge on any atom is 0.282 e. The van der Waals surface area contributed by atoms with Crippen LogP contribution in [0.1, 0.15) is 41.4 Å². The number of pyridine rings is 1. The summed E-state index contributed by atoms with van der Waals surface area (Å²) in [4.78, 5) is 29.3. The third-order valence-corrected chi connectivity index (χ3v) is 8.72. The number of hydrogen-bond donors (Lipinski definition) is 3. The Hall–Kier alpha value is -3.60. The first-order valence-electron chi connectivity index (χ1n) is 11.8. The van der Waals surface area contributed by atoms with Crippen molar-refractivity contribution in [3.05, 3.63) is 92.1 Å². The summed E-state index contributed by atoms with van der Waals surface area (Å²) < 4.78 is 29.3. The summed E-state index contributed by atoms with van der Waals surface area (Å²) in [5.74, 6) is -0.839. The Morgan fingerprint density at radius 2 is 1.97 bits per heavy atom. The summed E-state index contributed by atoms with van der Waals surface area (Å²) in [6.07, 6.45) is 3.18. The van der Waals surface area contributed by atoms with E-state index in [1.807, 2.05) is 30.6 Å². The van der Waals surface area contributed by atoms with Gasteiger partial charge in [-0.15, -0.1) is 0 Å². The monoisotopic (exact) mass is 539 g/mol. The van der Waals surface area contributed by atoms with E-state index in [0.717, 1.165) is 5.56 Å². The van der Waals surface area contributed by atoms with Crippen molar-refractivity contribution in [3.63, 3.8) is 0 Å². The largest absolute Gasteiger partial charge is 0.761 e. The number of fused-ring (bicyclic) bond motifs is 1. The molecule has 0 atom stereocenters. The number of carbonyl (C=O) groups is 1. The van der Waals surface area contributed by atoms with Crippen molar-refractivity contribution in [2.24, 2.45) is 0 Å². The van der Waals surface area contributed by atoms with Gasteiger partial charge in [0.1, 0.15) is 5.69 Å². The minimum atomic E-state index is -3.88. The zero-order chi connectivity index (χ0) is 26.3. The molecule has 192 valence electrons. The second kappa shape index (κ2) is 9.70. The molecule has 37 heavy (non-hydrogen) atoms. The molecule has 0 bridgehead atoms. The topological polar surface area (TPSA) is 136 Å². The minimum absolute atomic E-state index is 0.0146. The Balaban J connectivity index is 1.81. The van der Waals surface area contributed by atoms with Crippen molar-refractivity contribution in [3.8, 4) is 11.1 Å². The van der Waals surface area contributed by atoms with Crippen LogP contribution < -0.4 is 15.8 Å². The summed E-state index contributed by atoms with van der Waals surface area (Å²) in [6.45, 7) is 2.04. The van der Waals surface area contributed by atoms with Crippen molar-refractivity contribution in [2.45, 2.75) is 38.0 Å². The third-order valence-electron chi connectivity index (χ3n) is 6.53. The fourth-order valence-corrected chi connectivity index (χ4v) is 5.94. The van der Waals surface area contributed by atoms with E-state index in [0.29, 0.717) is 46.3 Å². The third kappa shape index (κ3) is 4.75. The molecule has 9 nitrogen and oxygen atoms in total. The average molecular weight is 540 g/mol. The van der Waals surface area contributed by atoms with Crippen LogP contribution in [-0.2, 0) is 23.0 Å². The molecule has 0 spiro atoms. The van der Waals surface area contributed by atoms with E-state index in [4.69, 9.17) is 11.6 Å². The molecular weight excluding hydrogens is 516 g/mol. The molecule has 5 rings (SSSR count). The van der Waals surface area contributed by atoms with E-state index in [1.165, 1.54) is 12.3 Å². The van der Waals surface area contributed by atoms with Gasteiger partial charge in [0, 0.05) is 45.5 Å². The molecule has 0 saturated heterocycles. The lowest BCUT2D eigenvalue weighted by molar-refractivity contribution is 0.0974. The van der Waals surface area contributed by atoms with E-state index in [9.17, 15) is 23.2 Å². The predicted molar refractivity (Wildman–Crippen MR) is 144 cm³/mol. The quantitative estimate of drug-likeness (QED) is 0.284. The number of aryl methyl sites for hydroxylation is 1. The van der Waals surface area contributed by atoms with Gasteiger partial charge in [-0.2, -0.15) is 0 Å². The lowest BCUT2D eigenvalue weighted by Gasteiger charge is -2.16. The summed E-state index contributed by atoms with van der Waals surface area (Å²) in [6, 6.07) is 13.6. The van der Waals surface area contributed by atoms with Gasteiger partial charge in [-0.1, -0.05) is 24.6 Å².